The van der Waals surface area contributed by atoms with Crippen LogP contribution in [0.1, 0.15) is 23.5 Å². The van der Waals surface area contributed by atoms with Crippen molar-refractivity contribution in [3.8, 4) is 5.75 Å². The summed E-state index contributed by atoms with van der Waals surface area (Å²) in [6, 6.07) is 9.69. The molecule has 2 nitrogen and oxygen atoms in total. The van der Waals surface area contributed by atoms with Crippen LogP contribution in [-0.2, 0) is 0 Å². The molecule has 2 atom stereocenters. The smallest absolute Gasteiger partial charge is 0.148 e. The molecule has 0 aliphatic carbocycles. The lowest BCUT2D eigenvalue weighted by atomic mass is 10.1. The zero-order valence-electron chi connectivity index (χ0n) is 10.4. The molecule has 1 aromatic carbocycles. The van der Waals surface area contributed by atoms with Crippen LogP contribution in [0.4, 0.5) is 0 Å². The third-order valence-corrected chi connectivity index (χ3v) is 3.87. The highest BCUT2D eigenvalue weighted by Crippen LogP contribution is 2.32. The third-order valence-electron chi connectivity index (χ3n) is 2.64. The van der Waals surface area contributed by atoms with E-state index >= 15 is 0 Å². The minimum atomic E-state index is -0.162. The first-order chi connectivity index (χ1) is 8.58. The molecule has 96 valence electrons. The maximum absolute atomic E-state index is 6.18. The van der Waals surface area contributed by atoms with Crippen LogP contribution < -0.4 is 10.5 Å². The number of halogens is 1. The van der Waals surface area contributed by atoms with Crippen molar-refractivity contribution in [2.45, 2.75) is 26.0 Å². The first-order valence-corrected chi connectivity index (χ1v) is 7.05. The molecule has 2 rings (SSSR count). The quantitative estimate of drug-likeness (QED) is 0.912. The standard InChI is InChI=1S/C14H16ClNOS/c1-9-5-6-12(11(15)8-9)17-14(10(2)16)13-4-3-7-18-13/h3-8,10,14H,16H2,1-2H3. The van der Waals surface area contributed by atoms with E-state index < -0.39 is 0 Å². The molecule has 0 aliphatic rings. The van der Waals surface area contributed by atoms with Crippen LogP contribution in [0, 0.1) is 6.92 Å². The second-order valence-corrected chi connectivity index (χ2v) is 5.73. The second kappa shape index (κ2) is 5.74. The summed E-state index contributed by atoms with van der Waals surface area (Å²) in [6.45, 7) is 3.93. The summed E-state index contributed by atoms with van der Waals surface area (Å²) in [4.78, 5) is 1.11. The molecule has 1 heterocycles. The second-order valence-electron chi connectivity index (χ2n) is 4.35. The Kier molecular flexibility index (Phi) is 4.27. The van der Waals surface area contributed by atoms with E-state index in [1.807, 2.05) is 49.6 Å². The van der Waals surface area contributed by atoms with Crippen LogP contribution in [0.25, 0.3) is 0 Å². The number of hydrogen-bond acceptors (Lipinski definition) is 3. The van der Waals surface area contributed by atoms with Crippen molar-refractivity contribution in [2.24, 2.45) is 5.73 Å². The molecule has 2 aromatic rings. The van der Waals surface area contributed by atoms with Crippen LogP contribution in [0.3, 0.4) is 0 Å². The normalized spacial score (nSPS) is 14.2. The lowest BCUT2D eigenvalue weighted by Gasteiger charge is -2.22. The highest BCUT2D eigenvalue weighted by molar-refractivity contribution is 7.10. The number of thiophene rings is 1. The lowest BCUT2D eigenvalue weighted by molar-refractivity contribution is 0.184. The molecule has 4 heteroatoms. The molecule has 0 bridgehead atoms. The Morgan fingerprint density at radius 1 is 1.33 bits per heavy atom. The predicted octanol–water partition coefficient (Wildman–Crippen LogP) is 4.18. The molecule has 0 saturated heterocycles. The Hall–Kier alpha value is -1.03. The summed E-state index contributed by atoms with van der Waals surface area (Å²) in [5.74, 6) is 0.679. The average molecular weight is 282 g/mol. The SMILES string of the molecule is Cc1ccc(OC(c2cccs2)C(C)N)c(Cl)c1. The van der Waals surface area contributed by atoms with E-state index in [-0.39, 0.29) is 12.1 Å². The Morgan fingerprint density at radius 2 is 2.11 bits per heavy atom. The van der Waals surface area contributed by atoms with Crippen molar-refractivity contribution in [1.82, 2.24) is 0 Å². The van der Waals surface area contributed by atoms with E-state index in [9.17, 15) is 0 Å². The van der Waals surface area contributed by atoms with E-state index in [0.717, 1.165) is 10.4 Å². The maximum atomic E-state index is 6.18. The van der Waals surface area contributed by atoms with Gasteiger partial charge >= 0.3 is 0 Å². The number of nitrogens with two attached hydrogens (primary N) is 1. The minimum absolute atomic E-state index is 0.0963. The van der Waals surface area contributed by atoms with Gasteiger partial charge in [0, 0.05) is 10.9 Å². The van der Waals surface area contributed by atoms with E-state index in [1.54, 1.807) is 11.3 Å². The van der Waals surface area contributed by atoms with Crippen molar-refractivity contribution in [3.05, 3.63) is 51.2 Å². The van der Waals surface area contributed by atoms with Crippen LogP contribution in [0.15, 0.2) is 35.7 Å². The van der Waals surface area contributed by atoms with Gasteiger partial charge < -0.3 is 10.5 Å². The molecule has 0 radical (unpaired) electrons. The first-order valence-electron chi connectivity index (χ1n) is 5.79. The number of rotatable bonds is 4. The number of aryl methyl sites for hydroxylation is 1. The zero-order chi connectivity index (χ0) is 13.1. The first kappa shape index (κ1) is 13.4. The summed E-state index contributed by atoms with van der Waals surface area (Å²) in [7, 11) is 0. The zero-order valence-corrected chi connectivity index (χ0v) is 12.0. The van der Waals surface area contributed by atoms with Gasteiger partial charge in [-0.15, -0.1) is 11.3 Å². The van der Waals surface area contributed by atoms with E-state index in [4.69, 9.17) is 22.1 Å². The average Bonchev–Trinajstić information content (AvgIpc) is 2.80. The molecule has 1 aromatic heterocycles. The van der Waals surface area contributed by atoms with Gasteiger partial charge in [0.25, 0.3) is 0 Å². The van der Waals surface area contributed by atoms with Crippen molar-refractivity contribution in [1.29, 1.82) is 0 Å². The van der Waals surface area contributed by atoms with Crippen LogP contribution in [-0.4, -0.2) is 6.04 Å². The molecule has 2 unspecified atom stereocenters. The monoisotopic (exact) mass is 281 g/mol. The van der Waals surface area contributed by atoms with Gasteiger partial charge in [-0.3, -0.25) is 0 Å². The van der Waals surface area contributed by atoms with Crippen molar-refractivity contribution >= 4 is 22.9 Å². The highest BCUT2D eigenvalue weighted by atomic mass is 35.5. The van der Waals surface area contributed by atoms with Crippen LogP contribution >= 0.6 is 22.9 Å². The molecular formula is C14H16ClNOS. The summed E-state index contributed by atoms with van der Waals surface area (Å²) < 4.78 is 5.96. The van der Waals surface area contributed by atoms with Crippen LogP contribution in [0.2, 0.25) is 5.02 Å². The maximum Gasteiger partial charge on any atom is 0.148 e. The summed E-state index contributed by atoms with van der Waals surface area (Å²) >= 11 is 7.82. The number of hydrogen-bond donors (Lipinski definition) is 1. The Morgan fingerprint density at radius 3 is 2.67 bits per heavy atom. The molecule has 0 spiro atoms. The fourth-order valence-corrected chi connectivity index (χ4v) is 2.86. The van der Waals surface area contributed by atoms with Crippen molar-refractivity contribution in [2.75, 3.05) is 0 Å². The van der Waals surface area contributed by atoms with Gasteiger partial charge in [0.05, 0.1) is 5.02 Å². The Bertz CT molecular complexity index is 511. The Balaban J connectivity index is 2.24. The molecule has 0 aliphatic heterocycles. The summed E-state index contributed by atoms with van der Waals surface area (Å²) in [5.41, 5.74) is 7.11. The van der Waals surface area contributed by atoms with Gasteiger partial charge in [-0.05, 0) is 43.0 Å². The fraction of sp³-hybridized carbons (Fsp3) is 0.286. The van der Waals surface area contributed by atoms with E-state index in [0.29, 0.717) is 10.8 Å². The minimum Gasteiger partial charge on any atom is -0.482 e. The molecule has 0 saturated carbocycles. The molecular weight excluding hydrogens is 266 g/mol. The summed E-state index contributed by atoms with van der Waals surface area (Å²) in [6.07, 6.45) is -0.162. The fourth-order valence-electron chi connectivity index (χ4n) is 1.72. The van der Waals surface area contributed by atoms with E-state index in [1.165, 1.54) is 0 Å². The van der Waals surface area contributed by atoms with Gasteiger partial charge in [0.2, 0.25) is 0 Å². The van der Waals surface area contributed by atoms with Gasteiger partial charge in [-0.25, -0.2) is 0 Å². The van der Waals surface area contributed by atoms with Gasteiger partial charge in [-0.1, -0.05) is 23.7 Å². The summed E-state index contributed by atoms with van der Waals surface area (Å²) in [5, 5.41) is 2.64. The predicted molar refractivity (Wildman–Crippen MR) is 77.5 cm³/mol. The third kappa shape index (κ3) is 3.05. The van der Waals surface area contributed by atoms with Crippen molar-refractivity contribution < 1.29 is 4.74 Å². The van der Waals surface area contributed by atoms with Crippen LogP contribution in [0.5, 0.6) is 5.75 Å². The number of ether oxygens (including phenoxy) is 1. The largest absolute Gasteiger partial charge is 0.482 e. The molecule has 0 fully saturated rings. The van der Waals surface area contributed by atoms with Gasteiger partial charge in [0.1, 0.15) is 11.9 Å². The highest BCUT2D eigenvalue weighted by Gasteiger charge is 2.20. The molecule has 0 amide bonds. The van der Waals surface area contributed by atoms with Crippen molar-refractivity contribution in [3.63, 3.8) is 0 Å². The Labute approximate surface area is 116 Å². The molecule has 2 N–H and O–H groups in total. The van der Waals surface area contributed by atoms with Gasteiger partial charge in [0.15, 0.2) is 0 Å². The van der Waals surface area contributed by atoms with E-state index in [2.05, 4.69) is 0 Å². The number of benzene rings is 1. The lowest BCUT2D eigenvalue weighted by Crippen LogP contribution is -2.28. The topological polar surface area (TPSA) is 35.2 Å². The van der Waals surface area contributed by atoms with Gasteiger partial charge in [-0.2, -0.15) is 0 Å². The molecule has 18 heavy (non-hydrogen) atoms.